The Hall–Kier alpha value is -2.50. The maximum Gasteiger partial charge on any atom is 0.296 e. The highest BCUT2D eigenvalue weighted by atomic mass is 35.5. The van der Waals surface area contributed by atoms with Crippen LogP contribution in [-0.4, -0.2) is 23.9 Å². The molecule has 0 aliphatic rings. The first kappa shape index (κ1) is 17.8. The summed E-state index contributed by atoms with van der Waals surface area (Å²) in [5, 5.41) is 13.2. The molecule has 0 atom stereocenters. The number of halogens is 2. The van der Waals surface area contributed by atoms with Gasteiger partial charge in [0, 0.05) is 21.7 Å². The minimum absolute atomic E-state index is 0.253. The number of aliphatic hydroxyl groups is 1. The highest BCUT2D eigenvalue weighted by molar-refractivity contribution is 6.45. The number of hydrogen-bond acceptors (Lipinski definition) is 4. The Morgan fingerprint density at radius 1 is 1.08 bits per heavy atom. The van der Waals surface area contributed by atoms with Crippen LogP contribution < -0.4 is 10.1 Å². The normalized spacial score (nSPS) is 11.0. The van der Waals surface area contributed by atoms with E-state index in [1.54, 1.807) is 24.3 Å². The number of amides is 1. The van der Waals surface area contributed by atoms with Crippen molar-refractivity contribution in [1.82, 2.24) is 0 Å². The van der Waals surface area contributed by atoms with Gasteiger partial charge in [-0.3, -0.25) is 9.59 Å². The third-order valence-electron chi connectivity index (χ3n) is 3.04. The van der Waals surface area contributed by atoms with Gasteiger partial charge in [0.15, 0.2) is 0 Å². The predicted molar refractivity (Wildman–Crippen MR) is 93.7 cm³/mol. The molecule has 0 saturated carbocycles. The van der Waals surface area contributed by atoms with Gasteiger partial charge in [-0.05, 0) is 42.5 Å². The molecule has 0 radical (unpaired) electrons. The summed E-state index contributed by atoms with van der Waals surface area (Å²) in [5.41, 5.74) is 0.614. The molecule has 1 amide bonds. The molecular weight excluding hydrogens is 353 g/mol. The number of rotatable bonds is 5. The van der Waals surface area contributed by atoms with Gasteiger partial charge in [0.05, 0.1) is 12.8 Å². The van der Waals surface area contributed by atoms with E-state index in [2.05, 4.69) is 5.32 Å². The topological polar surface area (TPSA) is 75.6 Å². The fraction of sp³-hybridized carbons (Fsp3) is 0.0588. The van der Waals surface area contributed by atoms with Gasteiger partial charge >= 0.3 is 0 Å². The summed E-state index contributed by atoms with van der Waals surface area (Å²) in [4.78, 5) is 23.9. The summed E-state index contributed by atoms with van der Waals surface area (Å²) in [7, 11) is 1.42. The SMILES string of the molecule is COc1ccc(Cl)cc1NC(=O)C(=O)C=C(O)c1ccc(Cl)cc1. The average molecular weight is 366 g/mol. The molecule has 0 fully saturated rings. The molecule has 0 spiro atoms. The van der Waals surface area contributed by atoms with Gasteiger partial charge in [0.1, 0.15) is 11.5 Å². The van der Waals surface area contributed by atoms with Crippen molar-refractivity contribution in [1.29, 1.82) is 0 Å². The summed E-state index contributed by atoms with van der Waals surface area (Å²) in [5.74, 6) is -1.85. The quantitative estimate of drug-likeness (QED) is 0.474. The molecule has 124 valence electrons. The first-order valence-corrected chi connectivity index (χ1v) is 7.51. The molecule has 2 aromatic rings. The van der Waals surface area contributed by atoms with E-state index in [1.165, 1.54) is 25.3 Å². The van der Waals surface area contributed by atoms with Crippen molar-refractivity contribution in [2.75, 3.05) is 12.4 Å². The first-order chi connectivity index (χ1) is 11.4. The average Bonchev–Trinajstić information content (AvgIpc) is 2.55. The summed E-state index contributed by atoms with van der Waals surface area (Å²) in [6.45, 7) is 0. The predicted octanol–water partition coefficient (Wildman–Crippen LogP) is 4.11. The van der Waals surface area contributed by atoms with Gasteiger partial charge in [-0.2, -0.15) is 0 Å². The van der Waals surface area contributed by atoms with Crippen LogP contribution in [0.15, 0.2) is 48.5 Å². The van der Waals surface area contributed by atoms with Gasteiger partial charge in [-0.1, -0.05) is 23.2 Å². The monoisotopic (exact) mass is 365 g/mol. The lowest BCUT2D eigenvalue weighted by atomic mass is 10.1. The molecule has 0 saturated heterocycles. The van der Waals surface area contributed by atoms with Crippen LogP contribution >= 0.6 is 23.2 Å². The Morgan fingerprint density at radius 2 is 1.71 bits per heavy atom. The lowest BCUT2D eigenvalue weighted by Crippen LogP contribution is -2.21. The van der Waals surface area contributed by atoms with Crippen LogP contribution in [0.5, 0.6) is 5.75 Å². The Bertz CT molecular complexity index is 801. The number of carbonyl (C=O) groups excluding carboxylic acids is 2. The zero-order chi connectivity index (χ0) is 17.7. The molecule has 7 heteroatoms. The second-order valence-electron chi connectivity index (χ2n) is 4.70. The van der Waals surface area contributed by atoms with Crippen LogP contribution in [0.4, 0.5) is 5.69 Å². The van der Waals surface area contributed by atoms with Crippen molar-refractivity contribution >= 4 is 46.3 Å². The van der Waals surface area contributed by atoms with E-state index < -0.39 is 11.7 Å². The Balaban J connectivity index is 2.15. The van der Waals surface area contributed by atoms with Crippen LogP contribution in [0.2, 0.25) is 10.0 Å². The molecule has 0 aliphatic heterocycles. The summed E-state index contributed by atoms with van der Waals surface area (Å²) >= 11 is 11.6. The van der Waals surface area contributed by atoms with E-state index in [1.807, 2.05) is 0 Å². The van der Waals surface area contributed by atoms with E-state index in [0.717, 1.165) is 6.08 Å². The Labute approximate surface area is 148 Å². The summed E-state index contributed by atoms with van der Waals surface area (Å²) in [6.07, 6.45) is 0.829. The smallest absolute Gasteiger partial charge is 0.296 e. The molecule has 0 aromatic heterocycles. The molecule has 5 nitrogen and oxygen atoms in total. The molecule has 24 heavy (non-hydrogen) atoms. The highest BCUT2D eigenvalue weighted by Crippen LogP contribution is 2.27. The largest absolute Gasteiger partial charge is 0.507 e. The molecule has 0 aliphatic carbocycles. The van der Waals surface area contributed by atoms with Gasteiger partial charge < -0.3 is 15.2 Å². The van der Waals surface area contributed by atoms with E-state index >= 15 is 0 Å². The zero-order valence-corrected chi connectivity index (χ0v) is 14.1. The number of aliphatic hydroxyl groups excluding tert-OH is 1. The number of ketones is 1. The second-order valence-corrected chi connectivity index (χ2v) is 5.57. The maximum absolute atomic E-state index is 12.0. The molecule has 2 aromatic carbocycles. The van der Waals surface area contributed by atoms with Gasteiger partial charge in [0.25, 0.3) is 5.91 Å². The third-order valence-corrected chi connectivity index (χ3v) is 3.53. The van der Waals surface area contributed by atoms with Crippen molar-refractivity contribution < 1.29 is 19.4 Å². The number of methoxy groups -OCH3 is 1. The first-order valence-electron chi connectivity index (χ1n) is 6.76. The van der Waals surface area contributed by atoms with Crippen LogP contribution in [0.1, 0.15) is 5.56 Å². The van der Waals surface area contributed by atoms with Crippen molar-refractivity contribution in [3.05, 3.63) is 64.1 Å². The number of carbonyl (C=O) groups is 2. The summed E-state index contributed by atoms with van der Waals surface area (Å²) in [6, 6.07) is 10.8. The number of anilines is 1. The van der Waals surface area contributed by atoms with Crippen LogP contribution in [0.25, 0.3) is 5.76 Å². The fourth-order valence-electron chi connectivity index (χ4n) is 1.86. The molecular formula is C17H13Cl2NO4. The van der Waals surface area contributed by atoms with Crippen molar-refractivity contribution in [3.8, 4) is 5.75 Å². The van der Waals surface area contributed by atoms with Crippen LogP contribution in [0.3, 0.4) is 0 Å². The lowest BCUT2D eigenvalue weighted by molar-refractivity contribution is -0.132. The molecule has 0 bridgehead atoms. The van der Waals surface area contributed by atoms with Crippen molar-refractivity contribution in [2.24, 2.45) is 0 Å². The fourth-order valence-corrected chi connectivity index (χ4v) is 2.15. The van der Waals surface area contributed by atoms with Crippen molar-refractivity contribution in [3.63, 3.8) is 0 Å². The maximum atomic E-state index is 12.0. The van der Waals surface area contributed by atoms with Crippen LogP contribution in [-0.2, 0) is 9.59 Å². The van der Waals surface area contributed by atoms with Crippen LogP contribution in [0, 0.1) is 0 Å². The van der Waals surface area contributed by atoms with E-state index in [4.69, 9.17) is 27.9 Å². The number of hydrogen-bond donors (Lipinski definition) is 2. The number of ether oxygens (including phenoxy) is 1. The van der Waals surface area contributed by atoms with E-state index in [-0.39, 0.29) is 11.4 Å². The third kappa shape index (κ3) is 4.50. The second kappa shape index (κ2) is 7.86. The highest BCUT2D eigenvalue weighted by Gasteiger charge is 2.15. The van der Waals surface area contributed by atoms with E-state index in [9.17, 15) is 14.7 Å². The molecule has 2 rings (SSSR count). The number of nitrogens with one attached hydrogen (secondary N) is 1. The minimum Gasteiger partial charge on any atom is -0.507 e. The number of benzene rings is 2. The zero-order valence-electron chi connectivity index (χ0n) is 12.5. The lowest BCUT2D eigenvalue weighted by Gasteiger charge is -2.09. The van der Waals surface area contributed by atoms with Gasteiger partial charge in [-0.25, -0.2) is 0 Å². The minimum atomic E-state index is -0.934. The van der Waals surface area contributed by atoms with Gasteiger partial charge in [0.2, 0.25) is 5.78 Å². The van der Waals surface area contributed by atoms with E-state index in [0.29, 0.717) is 21.4 Å². The Kier molecular flexibility index (Phi) is 5.84. The summed E-state index contributed by atoms with van der Waals surface area (Å²) < 4.78 is 5.08. The molecule has 2 N–H and O–H groups in total. The van der Waals surface area contributed by atoms with Gasteiger partial charge in [-0.15, -0.1) is 0 Å². The standard InChI is InChI=1S/C17H13Cl2NO4/c1-24-16-7-6-12(19)8-13(16)20-17(23)15(22)9-14(21)10-2-4-11(18)5-3-10/h2-9,21H,1H3,(H,20,23). The van der Waals surface area contributed by atoms with Crippen molar-refractivity contribution in [2.45, 2.75) is 0 Å². The Morgan fingerprint density at radius 3 is 2.33 bits per heavy atom. The molecule has 0 heterocycles. The molecule has 0 unspecified atom stereocenters.